The van der Waals surface area contributed by atoms with Crippen LogP contribution in [0.3, 0.4) is 0 Å². The van der Waals surface area contributed by atoms with Gasteiger partial charge >= 0.3 is 0 Å². The summed E-state index contributed by atoms with van der Waals surface area (Å²) in [4.78, 5) is 8.00. The number of nitrogens with zero attached hydrogens (tertiary/aromatic N) is 2. The fourth-order valence-electron chi connectivity index (χ4n) is 1.27. The Morgan fingerprint density at radius 3 is 2.71 bits per heavy atom. The Balaban J connectivity index is 2.44. The van der Waals surface area contributed by atoms with Crippen LogP contribution < -0.4 is 0 Å². The molecule has 2 aromatic heterocycles. The van der Waals surface area contributed by atoms with E-state index in [0.717, 1.165) is 6.07 Å². The van der Waals surface area contributed by atoms with Gasteiger partial charge in [0, 0.05) is 17.6 Å². The van der Waals surface area contributed by atoms with E-state index in [1.165, 1.54) is 17.5 Å². The fourth-order valence-corrected chi connectivity index (χ4v) is 2.26. The molecule has 0 spiro atoms. The number of pyridine rings is 1. The van der Waals surface area contributed by atoms with E-state index < -0.39 is 11.4 Å². The molecule has 0 saturated heterocycles. The molecule has 6 heteroatoms. The Bertz CT molecular complexity index is 551. The molecule has 17 heavy (non-hydrogen) atoms. The Labute approximate surface area is 107 Å². The van der Waals surface area contributed by atoms with Crippen LogP contribution in [0.1, 0.15) is 18.9 Å². The monoisotopic (exact) mass is 272 g/mol. The van der Waals surface area contributed by atoms with E-state index in [4.69, 9.17) is 11.6 Å². The summed E-state index contributed by atoms with van der Waals surface area (Å²) < 4.78 is 13.6. The zero-order valence-electron chi connectivity index (χ0n) is 9.24. The summed E-state index contributed by atoms with van der Waals surface area (Å²) in [5.74, 6) is -0.474. The van der Waals surface area contributed by atoms with Crippen LogP contribution in [0.2, 0.25) is 5.15 Å². The molecule has 0 atom stereocenters. The first-order chi connectivity index (χ1) is 7.88. The van der Waals surface area contributed by atoms with Gasteiger partial charge in [-0.1, -0.05) is 11.6 Å². The first kappa shape index (κ1) is 12.4. The minimum absolute atomic E-state index is 0.101. The van der Waals surface area contributed by atoms with Crippen molar-refractivity contribution in [1.82, 2.24) is 9.97 Å². The predicted octanol–water partition coefficient (Wildman–Crippen LogP) is 3.23. The van der Waals surface area contributed by atoms with Gasteiger partial charge in [-0.25, -0.2) is 14.4 Å². The van der Waals surface area contributed by atoms with E-state index in [1.807, 2.05) is 0 Å². The summed E-state index contributed by atoms with van der Waals surface area (Å²) in [5.41, 5.74) is -0.297. The molecule has 2 heterocycles. The molecule has 1 N–H and O–H groups in total. The minimum atomic E-state index is -1.03. The van der Waals surface area contributed by atoms with E-state index in [-0.39, 0.29) is 10.7 Å². The SMILES string of the molecule is CC(C)(O)c1nc(-c2cnc(Cl)cc2F)cs1. The van der Waals surface area contributed by atoms with Crippen molar-refractivity contribution < 1.29 is 9.50 Å². The van der Waals surface area contributed by atoms with E-state index in [0.29, 0.717) is 10.7 Å². The molecule has 0 aliphatic carbocycles. The third-order valence-corrected chi connectivity index (χ3v) is 3.49. The largest absolute Gasteiger partial charge is 0.383 e. The lowest BCUT2D eigenvalue weighted by atomic mass is 10.1. The Morgan fingerprint density at radius 2 is 2.18 bits per heavy atom. The molecule has 0 unspecified atom stereocenters. The summed E-state index contributed by atoms with van der Waals surface area (Å²) in [6, 6.07) is 1.14. The van der Waals surface area contributed by atoms with Gasteiger partial charge in [-0.15, -0.1) is 11.3 Å². The lowest BCUT2D eigenvalue weighted by Crippen LogP contribution is -2.14. The van der Waals surface area contributed by atoms with Crippen LogP contribution in [0, 0.1) is 5.82 Å². The maximum Gasteiger partial charge on any atom is 0.137 e. The second-order valence-corrected chi connectivity index (χ2v) is 5.33. The van der Waals surface area contributed by atoms with Gasteiger partial charge in [-0.2, -0.15) is 0 Å². The molecule has 2 aromatic rings. The van der Waals surface area contributed by atoms with Crippen molar-refractivity contribution in [3.63, 3.8) is 0 Å². The Hall–Kier alpha value is -1.04. The zero-order valence-corrected chi connectivity index (χ0v) is 10.8. The third kappa shape index (κ3) is 2.62. The molecular weight excluding hydrogens is 263 g/mol. The maximum atomic E-state index is 13.6. The van der Waals surface area contributed by atoms with Gasteiger partial charge in [-0.05, 0) is 13.8 Å². The molecule has 90 valence electrons. The third-order valence-electron chi connectivity index (χ3n) is 2.12. The second kappa shape index (κ2) is 4.33. The van der Waals surface area contributed by atoms with Crippen LogP contribution in [0.15, 0.2) is 17.6 Å². The minimum Gasteiger partial charge on any atom is -0.383 e. The fraction of sp³-hybridized carbons (Fsp3) is 0.273. The number of aliphatic hydroxyl groups is 1. The first-order valence-corrected chi connectivity index (χ1v) is 6.13. The molecular formula is C11H10ClFN2OS. The van der Waals surface area contributed by atoms with Gasteiger partial charge in [0.25, 0.3) is 0 Å². The summed E-state index contributed by atoms with van der Waals surface area (Å²) in [6.45, 7) is 3.26. The smallest absolute Gasteiger partial charge is 0.137 e. The molecule has 0 aromatic carbocycles. The van der Waals surface area contributed by atoms with E-state index in [9.17, 15) is 9.50 Å². The molecule has 0 bridgehead atoms. The molecule has 0 fully saturated rings. The molecule has 0 amide bonds. The highest BCUT2D eigenvalue weighted by Gasteiger charge is 2.21. The van der Waals surface area contributed by atoms with Crippen molar-refractivity contribution in [2.45, 2.75) is 19.4 Å². The van der Waals surface area contributed by atoms with E-state index >= 15 is 0 Å². The molecule has 3 nitrogen and oxygen atoms in total. The number of halogens is 2. The number of hydrogen-bond acceptors (Lipinski definition) is 4. The van der Waals surface area contributed by atoms with Crippen LogP contribution in [0.25, 0.3) is 11.3 Å². The van der Waals surface area contributed by atoms with E-state index in [2.05, 4.69) is 9.97 Å². The zero-order chi connectivity index (χ0) is 12.6. The standard InChI is InChI=1S/C11H10ClFN2OS/c1-11(2,16)10-15-8(5-17-10)6-4-14-9(12)3-7(6)13/h3-5,16H,1-2H3. The average Bonchev–Trinajstić information content (AvgIpc) is 2.65. The average molecular weight is 273 g/mol. The van der Waals surface area contributed by atoms with Gasteiger partial charge in [0.1, 0.15) is 21.6 Å². The van der Waals surface area contributed by atoms with Crippen molar-refractivity contribution in [3.8, 4) is 11.3 Å². The summed E-state index contributed by atoms with van der Waals surface area (Å²) >= 11 is 6.85. The number of thiazole rings is 1. The van der Waals surface area contributed by atoms with Crippen molar-refractivity contribution in [1.29, 1.82) is 0 Å². The van der Waals surface area contributed by atoms with Crippen molar-refractivity contribution in [3.05, 3.63) is 33.6 Å². The van der Waals surface area contributed by atoms with E-state index in [1.54, 1.807) is 19.2 Å². The second-order valence-electron chi connectivity index (χ2n) is 4.08. The number of aromatic nitrogens is 2. The lowest BCUT2D eigenvalue weighted by Gasteiger charge is -2.12. The number of rotatable bonds is 2. The van der Waals surface area contributed by atoms with Crippen LogP contribution in [-0.4, -0.2) is 15.1 Å². The van der Waals surface area contributed by atoms with Gasteiger partial charge < -0.3 is 5.11 Å². The lowest BCUT2D eigenvalue weighted by molar-refractivity contribution is 0.0783. The van der Waals surface area contributed by atoms with Crippen LogP contribution in [-0.2, 0) is 5.60 Å². The summed E-state index contributed by atoms with van der Waals surface area (Å²) in [5, 5.41) is 12.1. The van der Waals surface area contributed by atoms with Gasteiger partial charge in [0.15, 0.2) is 0 Å². The van der Waals surface area contributed by atoms with Gasteiger partial charge in [0.2, 0.25) is 0 Å². The highest BCUT2D eigenvalue weighted by atomic mass is 35.5. The van der Waals surface area contributed by atoms with Crippen molar-refractivity contribution in [2.24, 2.45) is 0 Å². The topological polar surface area (TPSA) is 46.0 Å². The Kier molecular flexibility index (Phi) is 3.16. The molecule has 0 saturated carbocycles. The van der Waals surface area contributed by atoms with Crippen molar-refractivity contribution >= 4 is 22.9 Å². The molecule has 2 rings (SSSR count). The highest BCUT2D eigenvalue weighted by Crippen LogP contribution is 2.29. The number of hydrogen-bond donors (Lipinski definition) is 1. The molecule has 0 radical (unpaired) electrons. The van der Waals surface area contributed by atoms with Gasteiger partial charge in [0.05, 0.1) is 11.3 Å². The summed E-state index contributed by atoms with van der Waals surface area (Å²) in [6.07, 6.45) is 1.33. The maximum absolute atomic E-state index is 13.6. The normalized spacial score (nSPS) is 11.8. The van der Waals surface area contributed by atoms with Crippen molar-refractivity contribution in [2.75, 3.05) is 0 Å². The highest BCUT2D eigenvalue weighted by molar-refractivity contribution is 7.10. The van der Waals surface area contributed by atoms with Crippen LogP contribution >= 0.6 is 22.9 Å². The van der Waals surface area contributed by atoms with Gasteiger partial charge in [-0.3, -0.25) is 0 Å². The molecule has 0 aliphatic rings. The van der Waals surface area contributed by atoms with Crippen LogP contribution in [0.4, 0.5) is 4.39 Å². The first-order valence-electron chi connectivity index (χ1n) is 4.88. The molecule has 0 aliphatic heterocycles. The van der Waals surface area contributed by atoms with Crippen LogP contribution in [0.5, 0.6) is 0 Å². The Morgan fingerprint density at radius 1 is 1.47 bits per heavy atom. The predicted molar refractivity (Wildman–Crippen MR) is 65.6 cm³/mol. The quantitative estimate of drug-likeness (QED) is 0.854. The summed E-state index contributed by atoms with van der Waals surface area (Å²) in [7, 11) is 0.